The van der Waals surface area contributed by atoms with Gasteiger partial charge in [-0.25, -0.2) is 27.7 Å². The minimum absolute atomic E-state index is 0.0657. The van der Waals surface area contributed by atoms with Gasteiger partial charge in [0.1, 0.15) is 39.7 Å². The molecule has 2 amide bonds. The van der Waals surface area contributed by atoms with Crippen molar-refractivity contribution in [3.8, 4) is 23.1 Å². The summed E-state index contributed by atoms with van der Waals surface area (Å²) in [6, 6.07) is 3.69. The number of fused-ring (bicyclic) bond motifs is 6. The van der Waals surface area contributed by atoms with Crippen LogP contribution in [0, 0.1) is 22.9 Å². The summed E-state index contributed by atoms with van der Waals surface area (Å²) in [5.74, 6) is -3.20. The number of pyridine rings is 1. The number of anilines is 2. The molecule has 2 bridgehead atoms. The van der Waals surface area contributed by atoms with Crippen molar-refractivity contribution in [2.24, 2.45) is 5.41 Å². The molecule has 1 saturated carbocycles. The molecule has 4 atom stereocenters. The zero-order valence-corrected chi connectivity index (χ0v) is 32.3. The molecule has 2 N–H and O–H groups in total. The smallest absolute Gasteiger partial charge is 0.412 e. The van der Waals surface area contributed by atoms with Gasteiger partial charge in [0.05, 0.1) is 31.3 Å². The highest BCUT2D eigenvalue weighted by molar-refractivity contribution is 6.04. The summed E-state index contributed by atoms with van der Waals surface area (Å²) in [4.78, 5) is 44.2. The number of piperazine rings is 1. The van der Waals surface area contributed by atoms with Crippen LogP contribution in [-0.2, 0) is 9.47 Å². The van der Waals surface area contributed by atoms with E-state index in [-0.39, 0.29) is 75.9 Å². The summed E-state index contributed by atoms with van der Waals surface area (Å²) in [6.07, 6.45) is 0.900. The second-order valence-electron chi connectivity index (χ2n) is 17.3. The van der Waals surface area contributed by atoms with Crippen molar-refractivity contribution in [2.75, 3.05) is 30.0 Å². The number of nitrogens with one attached hydrogen (secondary N) is 1. The summed E-state index contributed by atoms with van der Waals surface area (Å²) in [6.45, 7) is 12.6. The third-order valence-corrected chi connectivity index (χ3v) is 10.8. The Morgan fingerprint density at radius 2 is 1.71 bits per heavy atom. The molecule has 1 aliphatic carbocycles. The number of carbonyl (C=O) groups is 2. The number of nitrogens with zero attached hydrogens (tertiary/aromatic N) is 5. The first-order valence-electron chi connectivity index (χ1n) is 18.9. The van der Waals surface area contributed by atoms with Gasteiger partial charge in [0, 0.05) is 28.6 Å². The second kappa shape index (κ2) is 13.2. The molecule has 0 radical (unpaired) electrons. The minimum atomic E-state index is -1.25. The predicted molar refractivity (Wildman–Crippen MR) is 200 cm³/mol. The summed E-state index contributed by atoms with van der Waals surface area (Å²) in [5, 5.41) is 12.6. The quantitative estimate of drug-likeness (QED) is 0.201. The van der Waals surface area contributed by atoms with Crippen LogP contribution in [0.25, 0.3) is 32.9 Å². The van der Waals surface area contributed by atoms with Crippen molar-refractivity contribution >= 4 is 45.4 Å². The molecule has 2 aromatic heterocycles. The van der Waals surface area contributed by atoms with E-state index in [1.165, 1.54) is 18.2 Å². The lowest BCUT2D eigenvalue weighted by Crippen LogP contribution is -2.65. The highest BCUT2D eigenvalue weighted by atomic mass is 19.2. The van der Waals surface area contributed by atoms with E-state index in [1.807, 2.05) is 32.6 Å². The van der Waals surface area contributed by atoms with Gasteiger partial charge in [-0.1, -0.05) is 6.07 Å². The molecule has 2 saturated heterocycles. The molecule has 0 unspecified atom stereocenters. The minimum Gasteiger partial charge on any atom is -0.472 e. The van der Waals surface area contributed by atoms with Gasteiger partial charge in [0.2, 0.25) is 5.88 Å². The number of ether oxygens (including phenoxy) is 4. The van der Waals surface area contributed by atoms with Gasteiger partial charge in [0.25, 0.3) is 0 Å². The zero-order valence-electron chi connectivity index (χ0n) is 32.3. The first-order chi connectivity index (χ1) is 26.3. The fourth-order valence-corrected chi connectivity index (χ4v) is 8.08. The Hall–Kier alpha value is -5.12. The van der Waals surface area contributed by atoms with E-state index in [4.69, 9.17) is 23.9 Å². The monoisotopic (exact) mass is 778 g/mol. The van der Waals surface area contributed by atoms with Crippen molar-refractivity contribution in [3.05, 3.63) is 41.7 Å². The largest absolute Gasteiger partial charge is 0.472 e. The third-order valence-electron chi connectivity index (χ3n) is 10.8. The van der Waals surface area contributed by atoms with Gasteiger partial charge in [-0.3, -0.25) is 10.2 Å². The number of halogens is 3. The van der Waals surface area contributed by atoms with Crippen molar-refractivity contribution in [1.29, 1.82) is 0 Å². The Morgan fingerprint density at radius 3 is 2.39 bits per heavy atom. The summed E-state index contributed by atoms with van der Waals surface area (Å²) >= 11 is 0. The van der Waals surface area contributed by atoms with Crippen LogP contribution in [0.5, 0.6) is 11.9 Å². The Bertz CT molecular complexity index is 2270. The van der Waals surface area contributed by atoms with Crippen LogP contribution >= 0.6 is 0 Å². The maximum absolute atomic E-state index is 17.4. The summed E-state index contributed by atoms with van der Waals surface area (Å²) in [5.41, 5.74) is -2.78. The zero-order chi connectivity index (χ0) is 40.1. The molecule has 298 valence electrons. The van der Waals surface area contributed by atoms with Gasteiger partial charge in [-0.15, -0.1) is 0 Å². The van der Waals surface area contributed by atoms with E-state index in [2.05, 4.69) is 15.3 Å². The average molecular weight is 779 g/mol. The molecule has 13 nitrogen and oxygen atoms in total. The molecule has 16 heteroatoms. The van der Waals surface area contributed by atoms with Crippen molar-refractivity contribution < 1.29 is 46.8 Å². The first-order valence-corrected chi connectivity index (χ1v) is 18.9. The number of aliphatic hydroxyl groups is 1. The molecule has 3 fully saturated rings. The lowest BCUT2D eigenvalue weighted by molar-refractivity contribution is 0.000912. The fraction of sp³-hybridized carbons (Fsp3) is 0.525. The van der Waals surface area contributed by atoms with Crippen LogP contribution in [-0.4, -0.2) is 92.3 Å². The maximum atomic E-state index is 17.4. The van der Waals surface area contributed by atoms with Gasteiger partial charge in [-0.2, -0.15) is 9.97 Å². The predicted octanol–water partition coefficient (Wildman–Crippen LogP) is 7.50. The molecule has 0 spiro atoms. The SMILES string of the molecule is C[C@@H]1Oc2nc(-c3cc(NC(=O)OC(C)(C)C)cc4ccc(F)c(F)c34)c(F)c3nc(OCC4(CO)CC4)nc(c23)N2C[C@H]3CC[C@@H]([C@@H]12)N3C(=O)OC(C)(C)C. The van der Waals surface area contributed by atoms with E-state index in [0.29, 0.717) is 19.4 Å². The molecule has 8 rings (SSSR count). The van der Waals surface area contributed by atoms with Gasteiger partial charge in [-0.05, 0) is 97.7 Å². The highest BCUT2D eigenvalue weighted by Gasteiger charge is 2.54. The first kappa shape index (κ1) is 37.8. The van der Waals surface area contributed by atoms with Crippen LogP contribution in [0.15, 0.2) is 24.3 Å². The number of aromatic nitrogens is 3. The number of hydrogen-bond acceptors (Lipinski definition) is 11. The van der Waals surface area contributed by atoms with Crippen LogP contribution < -0.4 is 19.7 Å². The maximum Gasteiger partial charge on any atom is 0.412 e. The summed E-state index contributed by atoms with van der Waals surface area (Å²) in [7, 11) is 0. The van der Waals surface area contributed by atoms with Crippen molar-refractivity contribution in [3.63, 3.8) is 0 Å². The van der Waals surface area contributed by atoms with E-state index in [9.17, 15) is 19.1 Å². The molecular weight excluding hydrogens is 733 g/mol. The Kier molecular flexibility index (Phi) is 8.93. The third kappa shape index (κ3) is 6.75. The van der Waals surface area contributed by atoms with E-state index in [0.717, 1.165) is 18.9 Å². The van der Waals surface area contributed by atoms with Crippen LogP contribution in [0.4, 0.5) is 34.3 Å². The van der Waals surface area contributed by atoms with Crippen LogP contribution in [0.1, 0.15) is 74.1 Å². The summed E-state index contributed by atoms with van der Waals surface area (Å²) < 4.78 is 72.0. The van der Waals surface area contributed by atoms with E-state index >= 15 is 8.78 Å². The molecule has 4 aliphatic rings. The number of hydrogen-bond donors (Lipinski definition) is 2. The van der Waals surface area contributed by atoms with Gasteiger partial charge >= 0.3 is 18.2 Å². The van der Waals surface area contributed by atoms with Crippen molar-refractivity contribution in [2.45, 2.75) is 110 Å². The Balaban J connectivity index is 1.31. The fourth-order valence-electron chi connectivity index (χ4n) is 8.08. The molecule has 5 heterocycles. The lowest BCUT2D eigenvalue weighted by atomic mass is 9.98. The van der Waals surface area contributed by atoms with Crippen LogP contribution in [0.2, 0.25) is 0 Å². The number of amides is 2. The topological polar surface area (TPSA) is 148 Å². The second-order valence-corrected chi connectivity index (χ2v) is 17.3. The van der Waals surface area contributed by atoms with Crippen LogP contribution in [0.3, 0.4) is 0 Å². The molecule has 3 aliphatic heterocycles. The Labute approximate surface area is 321 Å². The highest BCUT2D eigenvalue weighted by Crippen LogP contribution is 2.49. The normalized spacial score (nSPS) is 22.3. The van der Waals surface area contributed by atoms with Crippen molar-refractivity contribution in [1.82, 2.24) is 19.9 Å². The molecule has 4 aromatic rings. The van der Waals surface area contributed by atoms with E-state index < -0.39 is 64.1 Å². The molecule has 56 heavy (non-hydrogen) atoms. The number of benzene rings is 2. The molecule has 2 aromatic carbocycles. The Morgan fingerprint density at radius 1 is 0.982 bits per heavy atom. The van der Waals surface area contributed by atoms with Gasteiger partial charge < -0.3 is 29.0 Å². The standard InChI is InChI=1S/C40H45F3N6O7/c1-19-32-25-11-9-22(49(25)37(52)56-39(5,6)7)16-48(32)33-27-31(46-35(47-33)53-18-40(17-50)12-13-40)29(43)30(45-34(27)54-19)23-15-21(44-36(51)55-38(2,3)4)14-20-8-10-24(41)28(42)26(20)23/h8,10,14-15,19,22,25,32,50H,9,11-13,16-18H2,1-7H3,(H,44,51)/t19-,22+,25-,32+/m0/s1. The van der Waals surface area contributed by atoms with Gasteiger partial charge in [0.15, 0.2) is 17.5 Å². The number of carbonyl (C=O) groups excluding carboxylic acids is 2. The number of aliphatic hydroxyl groups excluding tert-OH is 1. The molecular formula is C40H45F3N6O7. The van der Waals surface area contributed by atoms with E-state index in [1.54, 1.807) is 25.7 Å². The number of rotatable bonds is 6. The lowest BCUT2D eigenvalue weighted by Gasteiger charge is -2.48. The average Bonchev–Trinajstić information content (AvgIpc) is 3.84.